The molecule has 1 aliphatic rings. The van der Waals surface area contributed by atoms with Crippen LogP contribution in [-0.4, -0.2) is 25.6 Å². The Bertz CT molecular complexity index is 476. The largest absolute Gasteiger partial charge is 0.496 e. The first-order valence-corrected chi connectivity index (χ1v) is 7.82. The number of benzene rings is 1. The van der Waals surface area contributed by atoms with E-state index in [4.69, 9.17) is 4.74 Å². The lowest BCUT2D eigenvalue weighted by Gasteiger charge is -2.29. The van der Waals surface area contributed by atoms with Crippen molar-refractivity contribution in [2.45, 2.75) is 45.2 Å². The van der Waals surface area contributed by atoms with Crippen LogP contribution in [0.3, 0.4) is 0 Å². The summed E-state index contributed by atoms with van der Waals surface area (Å²) < 4.78 is 5.41. The molecule has 0 aromatic heterocycles. The molecule has 0 aliphatic carbocycles. The molecule has 21 heavy (non-hydrogen) atoms. The molecule has 2 rings (SSSR count). The fraction of sp³-hybridized carbons (Fsp3) is 0.588. The standard InChI is InChI=1S/C17H26N2O2/c1-4-15(14-7-5-6-8-16(14)21-3)19-17(20)13-9-10-18-12(2)11-13/h5-8,12-13,15,18H,4,9-11H2,1-3H3,(H,19,20). The maximum Gasteiger partial charge on any atom is 0.223 e. The van der Waals surface area contributed by atoms with Gasteiger partial charge in [0.25, 0.3) is 0 Å². The molecule has 4 heteroatoms. The van der Waals surface area contributed by atoms with Gasteiger partial charge in [-0.2, -0.15) is 0 Å². The van der Waals surface area contributed by atoms with Crippen molar-refractivity contribution in [3.05, 3.63) is 29.8 Å². The molecule has 116 valence electrons. The normalized spacial score (nSPS) is 23.4. The number of rotatable bonds is 5. The summed E-state index contributed by atoms with van der Waals surface area (Å²) in [5.74, 6) is 1.12. The summed E-state index contributed by atoms with van der Waals surface area (Å²) >= 11 is 0. The molecular formula is C17H26N2O2. The molecular weight excluding hydrogens is 264 g/mol. The van der Waals surface area contributed by atoms with Gasteiger partial charge < -0.3 is 15.4 Å². The molecule has 1 heterocycles. The van der Waals surface area contributed by atoms with Crippen LogP contribution < -0.4 is 15.4 Å². The highest BCUT2D eigenvalue weighted by Crippen LogP contribution is 2.27. The quantitative estimate of drug-likeness (QED) is 0.876. The third-order valence-corrected chi connectivity index (χ3v) is 4.23. The molecule has 1 amide bonds. The van der Waals surface area contributed by atoms with Crippen LogP contribution >= 0.6 is 0 Å². The van der Waals surface area contributed by atoms with Crippen molar-refractivity contribution in [2.75, 3.05) is 13.7 Å². The smallest absolute Gasteiger partial charge is 0.223 e. The van der Waals surface area contributed by atoms with Gasteiger partial charge in [-0.05, 0) is 38.8 Å². The highest BCUT2D eigenvalue weighted by atomic mass is 16.5. The molecule has 2 N–H and O–H groups in total. The van der Waals surface area contributed by atoms with Crippen LogP contribution in [0.25, 0.3) is 0 Å². The second kappa shape index (κ2) is 7.46. The van der Waals surface area contributed by atoms with Crippen molar-refractivity contribution in [1.29, 1.82) is 0 Å². The minimum atomic E-state index is 0.0128. The van der Waals surface area contributed by atoms with E-state index in [1.807, 2.05) is 24.3 Å². The lowest BCUT2D eigenvalue weighted by molar-refractivity contribution is -0.126. The fourth-order valence-corrected chi connectivity index (χ4v) is 3.01. The van der Waals surface area contributed by atoms with Crippen LogP contribution in [0.15, 0.2) is 24.3 Å². The Kier molecular flexibility index (Phi) is 5.62. The lowest BCUT2D eigenvalue weighted by atomic mass is 9.91. The third-order valence-electron chi connectivity index (χ3n) is 4.23. The summed E-state index contributed by atoms with van der Waals surface area (Å²) in [5.41, 5.74) is 1.05. The van der Waals surface area contributed by atoms with Crippen LogP contribution in [0.1, 0.15) is 44.7 Å². The van der Waals surface area contributed by atoms with Gasteiger partial charge in [0.15, 0.2) is 0 Å². The van der Waals surface area contributed by atoms with Gasteiger partial charge >= 0.3 is 0 Å². The zero-order chi connectivity index (χ0) is 15.2. The van der Waals surface area contributed by atoms with Gasteiger partial charge in [0.1, 0.15) is 5.75 Å². The van der Waals surface area contributed by atoms with Gasteiger partial charge in [-0.1, -0.05) is 25.1 Å². The van der Waals surface area contributed by atoms with Crippen LogP contribution in [0, 0.1) is 5.92 Å². The third kappa shape index (κ3) is 3.97. The first-order chi connectivity index (χ1) is 10.2. The van der Waals surface area contributed by atoms with Gasteiger partial charge in [-0.15, -0.1) is 0 Å². The van der Waals surface area contributed by atoms with Crippen molar-refractivity contribution in [3.63, 3.8) is 0 Å². The highest BCUT2D eigenvalue weighted by Gasteiger charge is 2.26. The number of carbonyl (C=O) groups excluding carboxylic acids is 1. The summed E-state index contributed by atoms with van der Waals surface area (Å²) in [4.78, 5) is 12.5. The molecule has 1 saturated heterocycles. The Hall–Kier alpha value is -1.55. The van der Waals surface area contributed by atoms with E-state index in [2.05, 4.69) is 24.5 Å². The molecule has 4 nitrogen and oxygen atoms in total. The van der Waals surface area contributed by atoms with E-state index in [-0.39, 0.29) is 17.9 Å². The first-order valence-electron chi connectivity index (χ1n) is 7.82. The highest BCUT2D eigenvalue weighted by molar-refractivity contribution is 5.79. The topological polar surface area (TPSA) is 50.4 Å². The Balaban J connectivity index is 2.06. The van der Waals surface area contributed by atoms with Crippen molar-refractivity contribution in [2.24, 2.45) is 5.92 Å². The number of amides is 1. The number of nitrogens with one attached hydrogen (secondary N) is 2. The minimum absolute atomic E-state index is 0.0128. The van der Waals surface area contributed by atoms with Crippen LogP contribution in [-0.2, 0) is 4.79 Å². The lowest BCUT2D eigenvalue weighted by Crippen LogP contribution is -2.43. The average Bonchev–Trinajstić information content (AvgIpc) is 2.52. The number of hydrogen-bond donors (Lipinski definition) is 2. The molecule has 1 fully saturated rings. The van der Waals surface area contributed by atoms with E-state index in [9.17, 15) is 4.79 Å². The Morgan fingerprint density at radius 1 is 1.48 bits per heavy atom. The predicted molar refractivity (Wildman–Crippen MR) is 84.4 cm³/mol. The monoisotopic (exact) mass is 290 g/mol. The van der Waals surface area contributed by atoms with E-state index in [0.717, 1.165) is 37.1 Å². The zero-order valence-corrected chi connectivity index (χ0v) is 13.2. The average molecular weight is 290 g/mol. The number of carbonyl (C=O) groups is 1. The Morgan fingerprint density at radius 3 is 2.90 bits per heavy atom. The molecule has 0 spiro atoms. The predicted octanol–water partition coefficient (Wildman–Crippen LogP) is 2.65. The molecule has 1 aromatic carbocycles. The molecule has 0 saturated carbocycles. The fourth-order valence-electron chi connectivity index (χ4n) is 3.01. The van der Waals surface area contributed by atoms with E-state index in [1.165, 1.54) is 0 Å². The number of para-hydroxylation sites is 1. The maximum absolute atomic E-state index is 12.5. The van der Waals surface area contributed by atoms with E-state index >= 15 is 0 Å². The van der Waals surface area contributed by atoms with Crippen LogP contribution in [0.5, 0.6) is 5.75 Å². The second-order valence-corrected chi connectivity index (χ2v) is 5.79. The number of ether oxygens (including phenoxy) is 1. The van der Waals surface area contributed by atoms with E-state index < -0.39 is 0 Å². The molecule has 1 aliphatic heterocycles. The summed E-state index contributed by atoms with van der Waals surface area (Å²) in [6, 6.07) is 8.33. The summed E-state index contributed by atoms with van der Waals surface area (Å²) in [6.45, 7) is 5.14. The second-order valence-electron chi connectivity index (χ2n) is 5.79. The molecule has 0 bridgehead atoms. The van der Waals surface area contributed by atoms with Crippen LogP contribution in [0.2, 0.25) is 0 Å². The number of hydrogen-bond acceptors (Lipinski definition) is 3. The number of methoxy groups -OCH3 is 1. The van der Waals surface area contributed by atoms with Gasteiger partial charge in [0.05, 0.1) is 13.2 Å². The summed E-state index contributed by atoms with van der Waals surface area (Å²) in [7, 11) is 1.67. The van der Waals surface area contributed by atoms with Gasteiger partial charge in [-0.25, -0.2) is 0 Å². The Labute approximate surface area is 127 Å². The maximum atomic E-state index is 12.5. The van der Waals surface area contributed by atoms with Crippen molar-refractivity contribution >= 4 is 5.91 Å². The summed E-state index contributed by atoms with van der Waals surface area (Å²) in [6.07, 6.45) is 2.68. The molecule has 1 aromatic rings. The number of piperidine rings is 1. The van der Waals surface area contributed by atoms with E-state index in [0.29, 0.717) is 6.04 Å². The molecule has 3 unspecified atom stereocenters. The van der Waals surface area contributed by atoms with Crippen molar-refractivity contribution < 1.29 is 9.53 Å². The summed E-state index contributed by atoms with van der Waals surface area (Å²) in [5, 5.41) is 6.59. The molecule has 3 atom stereocenters. The van der Waals surface area contributed by atoms with E-state index in [1.54, 1.807) is 7.11 Å². The Morgan fingerprint density at radius 2 is 2.24 bits per heavy atom. The zero-order valence-electron chi connectivity index (χ0n) is 13.2. The van der Waals surface area contributed by atoms with Gasteiger partial charge in [0, 0.05) is 17.5 Å². The van der Waals surface area contributed by atoms with Gasteiger partial charge in [0.2, 0.25) is 5.91 Å². The van der Waals surface area contributed by atoms with Crippen LogP contribution in [0.4, 0.5) is 0 Å². The van der Waals surface area contributed by atoms with Gasteiger partial charge in [-0.3, -0.25) is 4.79 Å². The SMILES string of the molecule is CCC(NC(=O)C1CCNC(C)C1)c1ccccc1OC. The van der Waals surface area contributed by atoms with Crippen molar-refractivity contribution in [1.82, 2.24) is 10.6 Å². The van der Waals surface area contributed by atoms with Crippen molar-refractivity contribution in [3.8, 4) is 5.75 Å². The minimum Gasteiger partial charge on any atom is -0.496 e. The first kappa shape index (κ1) is 15.8. The molecule has 0 radical (unpaired) electrons.